The van der Waals surface area contributed by atoms with Crippen LogP contribution in [0, 0.1) is 23.7 Å². The molecule has 0 spiro atoms. The average Bonchev–Trinajstić information content (AvgIpc) is 3.21. The molecule has 2 aliphatic rings. The lowest BCUT2D eigenvalue weighted by molar-refractivity contribution is -0.138. The molecule has 2 amide bonds. The number of hydrogen-bond donors (Lipinski definition) is 1. The number of amides is 2. The van der Waals surface area contributed by atoms with Crippen molar-refractivity contribution in [2.24, 2.45) is 23.7 Å². The smallest absolute Gasteiger partial charge is 0.246 e. The van der Waals surface area contributed by atoms with Crippen molar-refractivity contribution in [2.45, 2.75) is 174 Å². The fourth-order valence-corrected chi connectivity index (χ4v) is 7.86. The summed E-state index contributed by atoms with van der Waals surface area (Å²) in [5.74, 6) is 3.88. The number of likely N-dealkylation sites (N-methyl/N-ethyl adjacent to an activating group) is 1. The van der Waals surface area contributed by atoms with Gasteiger partial charge in [-0.3, -0.25) is 14.5 Å². The molecule has 5 unspecified atom stereocenters. The lowest BCUT2D eigenvalue weighted by atomic mass is 9.61. The van der Waals surface area contributed by atoms with Crippen molar-refractivity contribution in [3.8, 4) is 0 Å². The van der Waals surface area contributed by atoms with E-state index in [4.69, 9.17) is 0 Å². The normalized spacial score (nSPS) is 25.6. The van der Waals surface area contributed by atoms with Gasteiger partial charge in [0.25, 0.3) is 0 Å². The molecule has 1 heterocycles. The van der Waals surface area contributed by atoms with E-state index in [0.717, 1.165) is 36.5 Å². The molecule has 2 rings (SSSR count). The van der Waals surface area contributed by atoms with Crippen molar-refractivity contribution >= 4 is 11.8 Å². The van der Waals surface area contributed by atoms with Crippen LogP contribution in [0.3, 0.4) is 0 Å². The van der Waals surface area contributed by atoms with Crippen LogP contribution in [0.5, 0.6) is 0 Å². The first-order valence-corrected chi connectivity index (χ1v) is 17.6. The molecule has 5 atom stereocenters. The molecule has 1 saturated carbocycles. The minimum Gasteiger partial charge on any atom is -0.308 e. The van der Waals surface area contributed by atoms with Crippen molar-refractivity contribution < 1.29 is 9.59 Å². The quantitative estimate of drug-likeness (QED) is 0.103. The molecule has 2 fully saturated rings. The Bertz CT molecular complexity index is 651. The lowest BCUT2D eigenvalue weighted by Crippen LogP contribution is -2.37. The van der Waals surface area contributed by atoms with Gasteiger partial charge in [0.2, 0.25) is 11.8 Å². The Morgan fingerprint density at radius 2 is 1.10 bits per heavy atom. The summed E-state index contributed by atoms with van der Waals surface area (Å²) in [7, 11) is 1.76. The number of carbonyl (C=O) groups excluding carboxylic acids is 2. The summed E-state index contributed by atoms with van der Waals surface area (Å²) >= 11 is 0. The molecule has 0 bridgehead atoms. The molecule has 4 heteroatoms. The van der Waals surface area contributed by atoms with Crippen LogP contribution in [-0.4, -0.2) is 36.3 Å². The van der Waals surface area contributed by atoms with E-state index in [1.807, 2.05) is 0 Å². The number of likely N-dealkylation sites (tertiary alicyclic amines) is 1. The minimum absolute atomic E-state index is 0.00258. The maximum atomic E-state index is 12.3. The largest absolute Gasteiger partial charge is 0.308 e. The van der Waals surface area contributed by atoms with Gasteiger partial charge in [0.15, 0.2) is 0 Å². The highest BCUT2D eigenvalue weighted by molar-refractivity contribution is 6.05. The molecule has 4 nitrogen and oxygen atoms in total. The third-order valence-electron chi connectivity index (χ3n) is 10.2. The van der Waals surface area contributed by atoms with Gasteiger partial charge in [0.05, 0.1) is 12.5 Å². The summed E-state index contributed by atoms with van der Waals surface area (Å²) in [6.07, 6.45) is 30.7. The van der Waals surface area contributed by atoms with Crippen molar-refractivity contribution in [1.82, 2.24) is 10.2 Å². The Morgan fingerprint density at radius 1 is 0.615 bits per heavy atom. The Kier molecular flexibility index (Phi) is 18.4. The number of hydrogen-bond acceptors (Lipinski definition) is 3. The first-order valence-electron chi connectivity index (χ1n) is 17.6. The third-order valence-corrected chi connectivity index (χ3v) is 10.2. The molecule has 0 radical (unpaired) electrons. The molecule has 0 aromatic heterocycles. The van der Waals surface area contributed by atoms with Crippen molar-refractivity contribution in [3.63, 3.8) is 0 Å². The van der Waals surface area contributed by atoms with Gasteiger partial charge >= 0.3 is 0 Å². The summed E-state index contributed by atoms with van der Waals surface area (Å²) in [5, 5.41) is 2.96. The van der Waals surface area contributed by atoms with Gasteiger partial charge in [-0.05, 0) is 62.8 Å². The summed E-state index contributed by atoms with van der Waals surface area (Å²) < 4.78 is 0. The van der Waals surface area contributed by atoms with E-state index in [2.05, 4.69) is 26.1 Å². The number of nitrogens with one attached hydrogen (secondary N) is 1. The van der Waals surface area contributed by atoms with Gasteiger partial charge in [0.1, 0.15) is 0 Å². The second kappa shape index (κ2) is 20.9. The van der Waals surface area contributed by atoms with E-state index in [1.54, 1.807) is 7.05 Å². The van der Waals surface area contributed by atoms with Gasteiger partial charge < -0.3 is 5.32 Å². The van der Waals surface area contributed by atoms with Gasteiger partial charge in [-0.25, -0.2) is 0 Å². The maximum Gasteiger partial charge on any atom is 0.246 e. The maximum absolute atomic E-state index is 12.3. The van der Waals surface area contributed by atoms with E-state index in [9.17, 15) is 9.59 Å². The summed E-state index contributed by atoms with van der Waals surface area (Å²) in [4.78, 5) is 25.9. The predicted molar refractivity (Wildman–Crippen MR) is 167 cm³/mol. The zero-order chi connectivity index (χ0) is 28.3. The van der Waals surface area contributed by atoms with E-state index in [0.29, 0.717) is 13.0 Å². The Balaban J connectivity index is 1.78. The van der Waals surface area contributed by atoms with E-state index >= 15 is 0 Å². The first kappa shape index (κ1) is 34.3. The zero-order valence-corrected chi connectivity index (χ0v) is 26.6. The molecule has 1 saturated heterocycles. The van der Waals surface area contributed by atoms with Crippen molar-refractivity contribution in [3.05, 3.63) is 0 Å². The molecule has 1 N–H and O–H groups in total. The van der Waals surface area contributed by atoms with Crippen LogP contribution in [0.15, 0.2) is 0 Å². The number of unbranched alkanes of at least 4 members (excludes halogenated alkanes) is 12. The second-order valence-corrected chi connectivity index (χ2v) is 13.1. The summed E-state index contributed by atoms with van der Waals surface area (Å²) in [5.41, 5.74) is 0. The van der Waals surface area contributed by atoms with Crippen molar-refractivity contribution in [2.75, 3.05) is 13.6 Å². The van der Waals surface area contributed by atoms with Crippen LogP contribution >= 0.6 is 0 Å². The van der Waals surface area contributed by atoms with Gasteiger partial charge in [-0.2, -0.15) is 0 Å². The van der Waals surface area contributed by atoms with Gasteiger partial charge in [-0.15, -0.1) is 0 Å². The molecule has 1 aliphatic heterocycles. The molecule has 0 aromatic rings. The molecular weight excluding hydrogens is 480 g/mol. The van der Waals surface area contributed by atoms with Gasteiger partial charge in [-0.1, -0.05) is 130 Å². The zero-order valence-electron chi connectivity index (χ0n) is 26.6. The van der Waals surface area contributed by atoms with Crippen LogP contribution in [0.4, 0.5) is 0 Å². The number of carbonyl (C=O) groups is 2. The molecule has 39 heavy (non-hydrogen) atoms. The molecule has 0 aromatic carbocycles. The molecular formula is C35H66N2O2. The minimum atomic E-state index is -0.301. The Morgan fingerprint density at radius 3 is 1.64 bits per heavy atom. The SMILES string of the molecule is CCCCCCCCC1C(CCC)CCC(CCCCC)C1CCCCCCCCN1C(=O)CC(NC)C1=O. The predicted octanol–water partition coefficient (Wildman–Crippen LogP) is 9.45. The summed E-state index contributed by atoms with van der Waals surface area (Å²) in [6.45, 7) is 7.67. The van der Waals surface area contributed by atoms with Crippen molar-refractivity contribution in [1.29, 1.82) is 0 Å². The van der Waals surface area contributed by atoms with Gasteiger partial charge in [0, 0.05) is 6.54 Å². The second-order valence-electron chi connectivity index (χ2n) is 13.1. The number of imide groups is 1. The van der Waals surface area contributed by atoms with Crippen LogP contribution in [0.2, 0.25) is 0 Å². The Labute approximate surface area is 243 Å². The summed E-state index contributed by atoms with van der Waals surface area (Å²) in [6, 6.07) is -0.301. The third kappa shape index (κ3) is 12.2. The monoisotopic (exact) mass is 547 g/mol. The topological polar surface area (TPSA) is 49.4 Å². The fourth-order valence-electron chi connectivity index (χ4n) is 7.86. The van der Waals surface area contributed by atoms with Crippen LogP contribution in [-0.2, 0) is 9.59 Å². The highest BCUT2D eigenvalue weighted by Crippen LogP contribution is 2.47. The lowest BCUT2D eigenvalue weighted by Gasteiger charge is -2.44. The average molecular weight is 547 g/mol. The molecule has 228 valence electrons. The highest BCUT2D eigenvalue weighted by atomic mass is 16.2. The van der Waals surface area contributed by atoms with Crippen LogP contribution in [0.25, 0.3) is 0 Å². The first-order chi connectivity index (χ1) is 19.1. The van der Waals surface area contributed by atoms with Crippen LogP contribution in [0.1, 0.15) is 168 Å². The Hall–Kier alpha value is -0.900. The van der Waals surface area contributed by atoms with Crippen LogP contribution < -0.4 is 5.32 Å². The number of nitrogens with zero attached hydrogens (tertiary/aromatic N) is 1. The molecule has 1 aliphatic carbocycles. The van der Waals surface area contributed by atoms with E-state index in [-0.39, 0.29) is 17.9 Å². The standard InChI is InChI=1S/C35H66N2O2/c1-5-8-10-11-14-18-23-31-29(21-7-3)25-26-30(22-17-9-6-2)32(31)24-19-15-12-13-16-20-27-37-34(38)28-33(36-4)35(37)39/h29-33,36H,5-28H2,1-4H3. The van der Waals surface area contributed by atoms with E-state index in [1.165, 1.54) is 133 Å². The fraction of sp³-hybridized carbons (Fsp3) is 0.943. The number of rotatable bonds is 23. The van der Waals surface area contributed by atoms with E-state index < -0.39 is 0 Å². The highest BCUT2D eigenvalue weighted by Gasteiger charge is 2.38.